The van der Waals surface area contributed by atoms with Crippen molar-refractivity contribution in [1.82, 2.24) is 9.88 Å². The highest BCUT2D eigenvalue weighted by atomic mass is 16.5. The number of carbonyl (C=O) groups excluding carboxylic acids is 2. The van der Waals surface area contributed by atoms with E-state index in [9.17, 15) is 9.59 Å². The van der Waals surface area contributed by atoms with Crippen molar-refractivity contribution in [3.63, 3.8) is 0 Å². The van der Waals surface area contributed by atoms with Crippen LogP contribution in [-0.4, -0.2) is 29.6 Å². The molecule has 0 aliphatic heterocycles. The minimum Gasteiger partial charge on any atom is -0.466 e. The Morgan fingerprint density at radius 3 is 2.54 bits per heavy atom. The summed E-state index contributed by atoms with van der Waals surface area (Å²) >= 11 is 0. The van der Waals surface area contributed by atoms with Crippen molar-refractivity contribution in [2.45, 2.75) is 19.9 Å². The van der Waals surface area contributed by atoms with Gasteiger partial charge in [-0.15, -0.1) is 0 Å². The highest BCUT2D eigenvalue weighted by Gasteiger charge is 2.16. The number of fused-ring (bicyclic) bond motifs is 1. The molecule has 0 aliphatic rings. The number of rotatable bonds is 7. The normalized spacial score (nSPS) is 10.7. The molecular weight excluding hydrogens is 328 g/mol. The highest BCUT2D eigenvalue weighted by molar-refractivity contribution is 5.99. The van der Waals surface area contributed by atoms with Crippen LogP contribution in [-0.2, 0) is 16.1 Å². The molecule has 0 atom stereocenters. The summed E-state index contributed by atoms with van der Waals surface area (Å²) in [6.45, 7) is 2.97. The van der Waals surface area contributed by atoms with Crippen molar-refractivity contribution < 1.29 is 14.3 Å². The number of amides is 1. The summed E-state index contributed by atoms with van der Waals surface area (Å²) < 4.78 is 6.89. The maximum absolute atomic E-state index is 12.7. The third-order valence-corrected chi connectivity index (χ3v) is 4.15. The van der Waals surface area contributed by atoms with E-state index in [-0.39, 0.29) is 24.8 Å². The Bertz CT molecular complexity index is 900. The smallest absolute Gasteiger partial charge is 0.307 e. The van der Waals surface area contributed by atoms with Gasteiger partial charge in [-0.3, -0.25) is 9.59 Å². The minimum atomic E-state index is -0.308. The number of nitrogens with zero attached hydrogens (tertiary/aromatic N) is 1. The van der Waals surface area contributed by atoms with Crippen molar-refractivity contribution >= 4 is 22.8 Å². The quantitative estimate of drug-likeness (QED) is 0.665. The van der Waals surface area contributed by atoms with Crippen LogP contribution in [0.2, 0.25) is 0 Å². The molecule has 1 N–H and O–H groups in total. The van der Waals surface area contributed by atoms with Crippen molar-refractivity contribution in [2.75, 3.05) is 13.2 Å². The van der Waals surface area contributed by atoms with Gasteiger partial charge in [0.05, 0.1) is 13.0 Å². The first-order valence-corrected chi connectivity index (χ1v) is 8.75. The maximum Gasteiger partial charge on any atom is 0.307 e. The largest absolute Gasteiger partial charge is 0.466 e. The average molecular weight is 350 g/mol. The molecule has 5 nitrogen and oxygen atoms in total. The van der Waals surface area contributed by atoms with Gasteiger partial charge in [-0.05, 0) is 24.6 Å². The van der Waals surface area contributed by atoms with Crippen molar-refractivity contribution in [1.29, 1.82) is 0 Å². The molecule has 0 spiro atoms. The second kappa shape index (κ2) is 8.34. The Morgan fingerprint density at radius 2 is 1.77 bits per heavy atom. The summed E-state index contributed by atoms with van der Waals surface area (Å²) in [7, 11) is 0. The van der Waals surface area contributed by atoms with Crippen LogP contribution in [0.1, 0.15) is 29.4 Å². The van der Waals surface area contributed by atoms with Crippen LogP contribution in [0.5, 0.6) is 0 Å². The monoisotopic (exact) mass is 350 g/mol. The Labute approximate surface area is 152 Å². The number of aromatic nitrogens is 1. The highest BCUT2D eigenvalue weighted by Crippen LogP contribution is 2.21. The van der Waals surface area contributed by atoms with E-state index in [0.29, 0.717) is 18.8 Å². The summed E-state index contributed by atoms with van der Waals surface area (Å²) in [5, 5.41) is 3.83. The molecule has 0 bridgehead atoms. The average Bonchev–Trinajstić information content (AvgIpc) is 3.01. The van der Waals surface area contributed by atoms with E-state index in [1.54, 1.807) is 6.92 Å². The van der Waals surface area contributed by atoms with Crippen LogP contribution in [0.3, 0.4) is 0 Å². The van der Waals surface area contributed by atoms with Crippen LogP contribution >= 0.6 is 0 Å². The molecule has 2 aromatic carbocycles. The number of carbonyl (C=O) groups is 2. The Morgan fingerprint density at radius 1 is 1.04 bits per heavy atom. The Hall–Kier alpha value is -3.08. The second-order valence-electron chi connectivity index (χ2n) is 5.97. The van der Waals surface area contributed by atoms with Crippen LogP contribution in [0.25, 0.3) is 10.9 Å². The molecule has 0 saturated heterocycles. The van der Waals surface area contributed by atoms with Gasteiger partial charge in [0.2, 0.25) is 0 Å². The number of ether oxygens (including phenoxy) is 1. The molecule has 1 amide bonds. The molecule has 0 saturated carbocycles. The first-order chi connectivity index (χ1) is 12.7. The van der Waals surface area contributed by atoms with E-state index in [4.69, 9.17) is 4.74 Å². The zero-order valence-electron chi connectivity index (χ0n) is 14.8. The molecule has 1 aromatic heterocycles. The van der Waals surface area contributed by atoms with E-state index in [0.717, 1.165) is 16.5 Å². The maximum atomic E-state index is 12.7. The van der Waals surface area contributed by atoms with Crippen LogP contribution in [0, 0.1) is 0 Å². The van der Waals surface area contributed by atoms with Gasteiger partial charge in [-0.2, -0.15) is 0 Å². The number of para-hydroxylation sites is 1. The predicted octanol–water partition coefficient (Wildman–Crippen LogP) is 3.37. The SMILES string of the molecule is CCOC(=O)CCNC(=O)c1cc2ccccc2n1Cc1ccccc1. The molecule has 1 heterocycles. The zero-order valence-corrected chi connectivity index (χ0v) is 14.8. The topological polar surface area (TPSA) is 60.3 Å². The number of esters is 1. The van der Waals surface area contributed by atoms with Gasteiger partial charge in [0.15, 0.2) is 0 Å². The first-order valence-electron chi connectivity index (χ1n) is 8.75. The fourth-order valence-electron chi connectivity index (χ4n) is 2.94. The summed E-state index contributed by atoms with van der Waals surface area (Å²) in [6.07, 6.45) is 0.165. The van der Waals surface area contributed by atoms with E-state index >= 15 is 0 Å². The molecule has 0 radical (unpaired) electrons. The summed E-state index contributed by atoms with van der Waals surface area (Å²) in [4.78, 5) is 24.1. The molecule has 5 heteroatoms. The van der Waals surface area contributed by atoms with Crippen molar-refractivity contribution in [3.8, 4) is 0 Å². The molecular formula is C21H22N2O3. The van der Waals surface area contributed by atoms with Crippen molar-refractivity contribution in [3.05, 3.63) is 71.9 Å². The second-order valence-corrected chi connectivity index (χ2v) is 5.97. The van der Waals surface area contributed by atoms with Gasteiger partial charge in [0.1, 0.15) is 5.69 Å². The lowest BCUT2D eigenvalue weighted by molar-refractivity contribution is -0.142. The third kappa shape index (κ3) is 4.11. The van der Waals surface area contributed by atoms with Crippen molar-refractivity contribution in [2.24, 2.45) is 0 Å². The molecule has 0 unspecified atom stereocenters. The van der Waals surface area contributed by atoms with Crippen LogP contribution in [0.15, 0.2) is 60.7 Å². The number of hydrogen-bond donors (Lipinski definition) is 1. The molecule has 134 valence electrons. The van der Waals surface area contributed by atoms with Crippen LogP contribution < -0.4 is 5.32 Å². The number of nitrogens with one attached hydrogen (secondary N) is 1. The zero-order chi connectivity index (χ0) is 18.4. The van der Waals surface area contributed by atoms with Gasteiger partial charge in [0, 0.05) is 24.0 Å². The molecule has 26 heavy (non-hydrogen) atoms. The molecule has 0 aliphatic carbocycles. The lowest BCUT2D eigenvalue weighted by atomic mass is 10.2. The summed E-state index contributed by atoms with van der Waals surface area (Å²) in [5.41, 5.74) is 2.71. The first kappa shape index (κ1) is 17.7. The van der Waals surface area contributed by atoms with Gasteiger partial charge in [-0.1, -0.05) is 48.5 Å². The third-order valence-electron chi connectivity index (χ3n) is 4.15. The number of hydrogen-bond acceptors (Lipinski definition) is 3. The van der Waals surface area contributed by atoms with E-state index in [1.165, 1.54) is 0 Å². The van der Waals surface area contributed by atoms with E-state index < -0.39 is 0 Å². The van der Waals surface area contributed by atoms with Gasteiger partial charge in [-0.25, -0.2) is 0 Å². The van der Waals surface area contributed by atoms with Gasteiger partial charge >= 0.3 is 5.97 Å². The summed E-state index contributed by atoms with van der Waals surface area (Å²) in [6, 6.07) is 19.8. The predicted molar refractivity (Wildman–Crippen MR) is 101 cm³/mol. The molecule has 3 aromatic rings. The van der Waals surface area contributed by atoms with Gasteiger partial charge in [0.25, 0.3) is 5.91 Å². The Balaban J connectivity index is 1.81. The standard InChI is InChI=1S/C21H22N2O3/c1-2-26-20(24)12-13-22-21(25)19-14-17-10-6-7-11-18(17)23(19)15-16-8-4-3-5-9-16/h3-11,14H,2,12-13,15H2,1H3,(H,22,25). The fraction of sp³-hybridized carbons (Fsp3) is 0.238. The lowest BCUT2D eigenvalue weighted by Gasteiger charge is -2.11. The Kier molecular flexibility index (Phi) is 5.69. The fourth-order valence-corrected chi connectivity index (χ4v) is 2.94. The molecule has 3 rings (SSSR count). The number of benzene rings is 2. The van der Waals surface area contributed by atoms with E-state index in [1.807, 2.05) is 65.2 Å². The van der Waals surface area contributed by atoms with E-state index in [2.05, 4.69) is 5.32 Å². The van der Waals surface area contributed by atoms with Gasteiger partial charge < -0.3 is 14.6 Å². The lowest BCUT2D eigenvalue weighted by Crippen LogP contribution is -2.28. The molecule has 0 fully saturated rings. The van der Waals surface area contributed by atoms with Crippen LogP contribution in [0.4, 0.5) is 0 Å². The summed E-state index contributed by atoms with van der Waals surface area (Å²) in [5.74, 6) is -0.501. The minimum absolute atomic E-state index is 0.165.